The highest BCUT2D eigenvalue weighted by Crippen LogP contribution is 2.36. The molecule has 0 spiro atoms. The highest BCUT2D eigenvalue weighted by Gasteiger charge is 2.20. The Labute approximate surface area is 117 Å². The summed E-state index contributed by atoms with van der Waals surface area (Å²) in [6.45, 7) is -2.76. The molecule has 0 N–H and O–H groups in total. The van der Waals surface area contributed by atoms with Gasteiger partial charge in [-0.3, -0.25) is 0 Å². The lowest BCUT2D eigenvalue weighted by Gasteiger charge is -2.27. The van der Waals surface area contributed by atoms with Gasteiger partial charge >= 0.3 is 6.61 Å². The van der Waals surface area contributed by atoms with Crippen molar-refractivity contribution in [2.75, 3.05) is 0 Å². The third-order valence-corrected chi connectivity index (χ3v) is 3.84. The van der Waals surface area contributed by atoms with Crippen LogP contribution in [0.4, 0.5) is 8.78 Å². The maximum absolute atomic E-state index is 12.1. The number of allylic oxidation sites excluding steroid dienone is 1. The molecule has 0 heterocycles. The lowest BCUT2D eigenvalue weighted by Crippen LogP contribution is -2.11. The number of alkyl halides is 2. The zero-order valence-electron chi connectivity index (χ0n) is 10.6. The van der Waals surface area contributed by atoms with Crippen LogP contribution >= 0.6 is 11.6 Å². The summed E-state index contributed by atoms with van der Waals surface area (Å²) in [6, 6.07) is 7.01. The Morgan fingerprint density at radius 1 is 1.11 bits per heavy atom. The third kappa shape index (κ3) is 4.20. The van der Waals surface area contributed by atoms with Gasteiger partial charge in [0.15, 0.2) is 0 Å². The van der Waals surface area contributed by atoms with Crippen LogP contribution in [-0.4, -0.2) is 6.61 Å². The van der Waals surface area contributed by atoms with Crippen LogP contribution in [0.2, 0.25) is 0 Å². The molecule has 1 aliphatic carbocycles. The highest BCUT2D eigenvalue weighted by molar-refractivity contribution is 6.25. The number of hydrogen-bond donors (Lipinski definition) is 0. The molecular weight excluding hydrogens is 270 g/mol. The molecule has 0 aliphatic heterocycles. The average molecular weight is 287 g/mol. The van der Waals surface area contributed by atoms with Gasteiger partial charge in [-0.1, -0.05) is 29.8 Å². The average Bonchev–Trinajstić information content (AvgIpc) is 2.40. The molecule has 0 radical (unpaired) electrons. The minimum atomic E-state index is -2.76. The summed E-state index contributed by atoms with van der Waals surface area (Å²) in [5.74, 6) is 1.31. The van der Waals surface area contributed by atoms with Crippen molar-refractivity contribution in [3.05, 3.63) is 41.4 Å². The van der Waals surface area contributed by atoms with Gasteiger partial charge in [0.2, 0.25) is 0 Å². The maximum Gasteiger partial charge on any atom is 0.387 e. The van der Waals surface area contributed by atoms with Gasteiger partial charge in [-0.15, -0.1) is 0 Å². The summed E-state index contributed by atoms with van der Waals surface area (Å²) in [4.78, 5) is 0. The first-order valence-electron chi connectivity index (χ1n) is 6.50. The Morgan fingerprint density at radius 2 is 1.74 bits per heavy atom. The summed E-state index contributed by atoms with van der Waals surface area (Å²) in [5, 5.41) is 0. The van der Waals surface area contributed by atoms with Crippen LogP contribution in [0, 0.1) is 5.92 Å². The zero-order chi connectivity index (χ0) is 13.7. The Balaban J connectivity index is 1.92. The van der Waals surface area contributed by atoms with E-state index in [1.54, 1.807) is 17.7 Å². The number of halogens is 3. The lowest BCUT2D eigenvalue weighted by atomic mass is 9.79. The van der Waals surface area contributed by atoms with Gasteiger partial charge in [0.25, 0.3) is 0 Å². The first-order valence-corrected chi connectivity index (χ1v) is 6.94. The Kier molecular flexibility index (Phi) is 5.20. The van der Waals surface area contributed by atoms with E-state index in [0.717, 1.165) is 25.7 Å². The van der Waals surface area contributed by atoms with Gasteiger partial charge in [0.05, 0.1) is 0 Å². The Bertz CT molecular complexity index is 409. The van der Waals surface area contributed by atoms with E-state index in [1.807, 2.05) is 12.1 Å². The predicted molar refractivity (Wildman–Crippen MR) is 72.8 cm³/mol. The molecule has 0 amide bonds. The fraction of sp³-hybridized carbons (Fsp3) is 0.467. The second-order valence-corrected chi connectivity index (χ2v) is 5.13. The Morgan fingerprint density at radius 3 is 2.26 bits per heavy atom. The van der Waals surface area contributed by atoms with Crippen molar-refractivity contribution in [1.82, 2.24) is 0 Å². The lowest BCUT2D eigenvalue weighted by molar-refractivity contribution is -0.0498. The van der Waals surface area contributed by atoms with Gasteiger partial charge in [-0.05, 0) is 55.2 Å². The quantitative estimate of drug-likeness (QED) is 0.728. The number of ether oxygens (including phenoxy) is 1. The normalized spacial score (nSPS) is 24.0. The van der Waals surface area contributed by atoms with Crippen LogP contribution in [0.3, 0.4) is 0 Å². The monoisotopic (exact) mass is 286 g/mol. The maximum atomic E-state index is 12.1. The van der Waals surface area contributed by atoms with Gasteiger partial charge in [0.1, 0.15) is 5.75 Å². The second kappa shape index (κ2) is 6.90. The van der Waals surface area contributed by atoms with E-state index in [1.165, 1.54) is 5.56 Å². The topological polar surface area (TPSA) is 9.23 Å². The molecule has 0 unspecified atom stereocenters. The molecule has 1 aliphatic rings. The zero-order valence-corrected chi connectivity index (χ0v) is 11.3. The molecule has 19 heavy (non-hydrogen) atoms. The van der Waals surface area contributed by atoms with Crippen LogP contribution in [0.25, 0.3) is 0 Å². The summed E-state index contributed by atoms with van der Waals surface area (Å²) < 4.78 is 28.5. The van der Waals surface area contributed by atoms with Crippen LogP contribution in [0.5, 0.6) is 5.75 Å². The van der Waals surface area contributed by atoms with Crippen molar-refractivity contribution in [1.29, 1.82) is 0 Å². The van der Waals surface area contributed by atoms with Crippen molar-refractivity contribution in [2.45, 2.75) is 38.2 Å². The van der Waals surface area contributed by atoms with Crippen molar-refractivity contribution in [2.24, 2.45) is 5.92 Å². The fourth-order valence-electron chi connectivity index (χ4n) is 2.67. The molecule has 1 saturated carbocycles. The summed E-state index contributed by atoms with van der Waals surface area (Å²) in [6.07, 6.45) is 6.53. The van der Waals surface area contributed by atoms with Crippen LogP contribution in [0.15, 0.2) is 35.9 Å². The SMILES string of the molecule is FC(F)Oc1ccc([C@H]2CC[C@H](/C=C/Cl)CC2)cc1. The molecule has 1 aromatic carbocycles. The van der Waals surface area contributed by atoms with Crippen molar-refractivity contribution in [3.8, 4) is 5.75 Å². The third-order valence-electron chi connectivity index (χ3n) is 3.69. The summed E-state index contributed by atoms with van der Waals surface area (Å²) in [5.41, 5.74) is 2.80. The van der Waals surface area contributed by atoms with Gasteiger partial charge in [-0.25, -0.2) is 0 Å². The minimum absolute atomic E-state index is 0.220. The molecular formula is C15H17ClF2O. The summed E-state index contributed by atoms with van der Waals surface area (Å²) >= 11 is 5.59. The van der Waals surface area contributed by atoms with Crippen molar-refractivity contribution < 1.29 is 13.5 Å². The van der Waals surface area contributed by atoms with E-state index in [0.29, 0.717) is 11.8 Å². The first kappa shape index (κ1) is 14.3. The fourth-order valence-corrected chi connectivity index (χ4v) is 2.88. The molecule has 1 aromatic rings. The predicted octanol–water partition coefficient (Wildman–Crippen LogP) is 5.31. The molecule has 2 rings (SSSR count). The number of benzene rings is 1. The van der Waals surface area contributed by atoms with E-state index in [9.17, 15) is 8.78 Å². The molecule has 0 atom stereocenters. The smallest absolute Gasteiger partial charge is 0.387 e. The number of rotatable bonds is 4. The molecule has 0 aromatic heterocycles. The molecule has 1 nitrogen and oxygen atoms in total. The largest absolute Gasteiger partial charge is 0.435 e. The van der Waals surface area contributed by atoms with E-state index in [-0.39, 0.29) is 5.75 Å². The van der Waals surface area contributed by atoms with Gasteiger partial charge in [-0.2, -0.15) is 8.78 Å². The molecule has 1 fully saturated rings. The van der Waals surface area contributed by atoms with E-state index in [2.05, 4.69) is 10.8 Å². The number of hydrogen-bond acceptors (Lipinski definition) is 1. The molecule has 104 valence electrons. The highest BCUT2D eigenvalue weighted by atomic mass is 35.5. The van der Waals surface area contributed by atoms with E-state index >= 15 is 0 Å². The van der Waals surface area contributed by atoms with E-state index < -0.39 is 6.61 Å². The van der Waals surface area contributed by atoms with Crippen LogP contribution in [-0.2, 0) is 0 Å². The van der Waals surface area contributed by atoms with E-state index in [4.69, 9.17) is 11.6 Å². The van der Waals surface area contributed by atoms with Gasteiger partial charge in [0, 0.05) is 5.54 Å². The van der Waals surface area contributed by atoms with Crippen molar-refractivity contribution in [3.63, 3.8) is 0 Å². The second-order valence-electron chi connectivity index (χ2n) is 4.88. The van der Waals surface area contributed by atoms with Crippen molar-refractivity contribution >= 4 is 11.6 Å². The van der Waals surface area contributed by atoms with Gasteiger partial charge < -0.3 is 4.74 Å². The minimum Gasteiger partial charge on any atom is -0.435 e. The molecule has 4 heteroatoms. The summed E-state index contributed by atoms with van der Waals surface area (Å²) in [7, 11) is 0. The standard InChI is InChI=1S/C15H17ClF2O/c16-10-9-11-1-3-12(4-2-11)13-5-7-14(8-6-13)19-15(17)18/h5-12,15H,1-4H2/b10-9+/t11-,12-. The molecule has 0 saturated heterocycles. The Hall–Kier alpha value is -1.09. The molecule has 0 bridgehead atoms. The van der Waals surface area contributed by atoms with Crippen LogP contribution in [0.1, 0.15) is 37.2 Å². The first-order chi connectivity index (χ1) is 9.19. The van der Waals surface area contributed by atoms with Crippen LogP contribution < -0.4 is 4.74 Å².